The number of allylic oxidation sites excluding steroid dienone is 2. The number of hydrogen-bond donors (Lipinski definition) is 0. The standard InChI is InChI=1S/C26H20N2O2/c1-29-25-9-5-3-7-21(25)15-23(17-27)19-11-13-20(14-12-19)24(18-28)16-22-8-4-6-10-26(22)30-2/h3-16H,1-2H3. The van der Waals surface area contributed by atoms with E-state index >= 15 is 0 Å². The molecular weight excluding hydrogens is 372 g/mol. The fourth-order valence-electron chi connectivity index (χ4n) is 3.07. The van der Waals surface area contributed by atoms with E-state index in [0.29, 0.717) is 22.6 Å². The molecule has 0 radical (unpaired) electrons. The van der Waals surface area contributed by atoms with Crippen LogP contribution in [0.1, 0.15) is 22.3 Å². The highest BCUT2D eigenvalue weighted by atomic mass is 16.5. The van der Waals surface area contributed by atoms with Crippen molar-refractivity contribution in [2.45, 2.75) is 0 Å². The first-order valence-electron chi connectivity index (χ1n) is 9.30. The molecule has 0 N–H and O–H groups in total. The second-order valence-electron chi connectivity index (χ2n) is 6.40. The lowest BCUT2D eigenvalue weighted by Crippen LogP contribution is -1.89. The van der Waals surface area contributed by atoms with Crippen LogP contribution in [0.15, 0.2) is 72.8 Å². The van der Waals surface area contributed by atoms with Gasteiger partial charge in [-0.05, 0) is 35.4 Å². The quantitative estimate of drug-likeness (QED) is 0.391. The van der Waals surface area contributed by atoms with Gasteiger partial charge in [0, 0.05) is 11.1 Å². The highest BCUT2D eigenvalue weighted by Crippen LogP contribution is 2.27. The van der Waals surface area contributed by atoms with Crippen molar-refractivity contribution in [3.63, 3.8) is 0 Å². The van der Waals surface area contributed by atoms with Crippen molar-refractivity contribution in [1.29, 1.82) is 10.5 Å². The fourth-order valence-corrected chi connectivity index (χ4v) is 3.07. The van der Waals surface area contributed by atoms with Crippen LogP contribution >= 0.6 is 0 Å². The monoisotopic (exact) mass is 392 g/mol. The van der Waals surface area contributed by atoms with Gasteiger partial charge in [-0.15, -0.1) is 0 Å². The molecule has 3 aromatic rings. The zero-order valence-electron chi connectivity index (χ0n) is 16.8. The molecule has 0 atom stereocenters. The molecule has 30 heavy (non-hydrogen) atoms. The summed E-state index contributed by atoms with van der Waals surface area (Å²) in [5.41, 5.74) is 4.21. The topological polar surface area (TPSA) is 66.0 Å². The molecule has 0 amide bonds. The predicted octanol–water partition coefficient (Wildman–Crippen LogP) is 5.83. The van der Waals surface area contributed by atoms with Gasteiger partial charge < -0.3 is 9.47 Å². The Hall–Kier alpha value is -4.28. The maximum Gasteiger partial charge on any atom is 0.126 e. The Labute approximate surface area is 176 Å². The van der Waals surface area contributed by atoms with Gasteiger partial charge in [0.1, 0.15) is 11.5 Å². The van der Waals surface area contributed by atoms with E-state index in [9.17, 15) is 10.5 Å². The lowest BCUT2D eigenvalue weighted by molar-refractivity contribution is 0.414. The summed E-state index contributed by atoms with van der Waals surface area (Å²) >= 11 is 0. The van der Waals surface area contributed by atoms with Gasteiger partial charge in [-0.2, -0.15) is 10.5 Å². The van der Waals surface area contributed by atoms with Gasteiger partial charge in [-0.25, -0.2) is 0 Å². The SMILES string of the molecule is COc1ccccc1C=C(C#N)c1ccc(C(C#N)=Cc2ccccc2OC)cc1. The molecule has 0 aliphatic heterocycles. The summed E-state index contributed by atoms with van der Waals surface area (Å²) in [6.07, 6.45) is 3.59. The van der Waals surface area contributed by atoms with E-state index < -0.39 is 0 Å². The Bertz CT molecular complexity index is 1080. The smallest absolute Gasteiger partial charge is 0.126 e. The van der Waals surface area contributed by atoms with E-state index in [1.54, 1.807) is 26.4 Å². The van der Waals surface area contributed by atoms with E-state index in [1.807, 2.05) is 72.8 Å². The average molecular weight is 392 g/mol. The maximum atomic E-state index is 9.64. The van der Waals surface area contributed by atoms with Gasteiger partial charge in [0.15, 0.2) is 0 Å². The molecule has 3 aromatic carbocycles. The Balaban J connectivity index is 1.95. The molecule has 0 aromatic heterocycles. The van der Waals surface area contributed by atoms with Gasteiger partial charge in [-0.3, -0.25) is 0 Å². The zero-order chi connectivity index (χ0) is 21.3. The minimum atomic E-state index is 0.512. The van der Waals surface area contributed by atoms with Crippen LogP contribution in [-0.4, -0.2) is 14.2 Å². The van der Waals surface area contributed by atoms with Gasteiger partial charge in [-0.1, -0.05) is 60.7 Å². The van der Waals surface area contributed by atoms with Gasteiger partial charge in [0.05, 0.1) is 37.5 Å². The third-order valence-electron chi connectivity index (χ3n) is 4.63. The van der Waals surface area contributed by atoms with Crippen molar-refractivity contribution >= 4 is 23.3 Å². The first-order chi connectivity index (χ1) is 14.7. The highest BCUT2D eigenvalue weighted by molar-refractivity contribution is 5.93. The molecule has 0 spiro atoms. The molecule has 3 rings (SSSR count). The molecule has 0 saturated carbocycles. The number of para-hydroxylation sites is 2. The van der Waals surface area contributed by atoms with E-state index in [1.165, 1.54) is 0 Å². The van der Waals surface area contributed by atoms with E-state index in [2.05, 4.69) is 12.1 Å². The van der Waals surface area contributed by atoms with Gasteiger partial charge in [0.2, 0.25) is 0 Å². The van der Waals surface area contributed by atoms with Crippen LogP contribution in [0.5, 0.6) is 11.5 Å². The fraction of sp³-hybridized carbons (Fsp3) is 0.0769. The first kappa shape index (κ1) is 20.5. The van der Waals surface area contributed by atoms with Gasteiger partial charge >= 0.3 is 0 Å². The molecule has 0 aliphatic rings. The first-order valence-corrected chi connectivity index (χ1v) is 9.30. The third kappa shape index (κ3) is 4.58. The molecule has 0 aliphatic carbocycles. The second kappa shape index (κ2) is 9.78. The Morgan fingerprint density at radius 1 is 0.633 bits per heavy atom. The van der Waals surface area contributed by atoms with E-state index in [-0.39, 0.29) is 0 Å². The summed E-state index contributed by atoms with van der Waals surface area (Å²) in [5, 5.41) is 19.3. The van der Waals surface area contributed by atoms with Crippen molar-refractivity contribution in [2.75, 3.05) is 14.2 Å². The van der Waals surface area contributed by atoms with Crippen molar-refractivity contribution < 1.29 is 9.47 Å². The number of methoxy groups -OCH3 is 2. The number of rotatable bonds is 6. The normalized spacial score (nSPS) is 11.3. The average Bonchev–Trinajstić information content (AvgIpc) is 2.81. The van der Waals surface area contributed by atoms with Crippen LogP contribution in [0, 0.1) is 22.7 Å². The van der Waals surface area contributed by atoms with E-state index in [4.69, 9.17) is 9.47 Å². The maximum absolute atomic E-state index is 9.64. The Morgan fingerprint density at radius 3 is 1.33 bits per heavy atom. The molecule has 4 nitrogen and oxygen atoms in total. The Kier molecular flexibility index (Phi) is 6.66. The van der Waals surface area contributed by atoms with Crippen molar-refractivity contribution in [1.82, 2.24) is 0 Å². The van der Waals surface area contributed by atoms with Crippen molar-refractivity contribution in [3.05, 3.63) is 95.1 Å². The molecule has 0 bridgehead atoms. The summed E-state index contributed by atoms with van der Waals surface area (Å²) in [6, 6.07) is 26.9. The van der Waals surface area contributed by atoms with Crippen LogP contribution in [0.4, 0.5) is 0 Å². The van der Waals surface area contributed by atoms with Crippen LogP contribution in [-0.2, 0) is 0 Å². The number of nitriles is 2. The number of ether oxygens (including phenoxy) is 2. The van der Waals surface area contributed by atoms with Crippen LogP contribution in [0.2, 0.25) is 0 Å². The largest absolute Gasteiger partial charge is 0.496 e. The number of nitrogens with zero attached hydrogens (tertiary/aromatic N) is 2. The van der Waals surface area contributed by atoms with Gasteiger partial charge in [0.25, 0.3) is 0 Å². The van der Waals surface area contributed by atoms with Crippen molar-refractivity contribution in [2.24, 2.45) is 0 Å². The number of benzene rings is 3. The minimum Gasteiger partial charge on any atom is -0.496 e. The van der Waals surface area contributed by atoms with Crippen LogP contribution in [0.3, 0.4) is 0 Å². The summed E-state index contributed by atoms with van der Waals surface area (Å²) in [7, 11) is 3.20. The van der Waals surface area contributed by atoms with Crippen LogP contribution < -0.4 is 9.47 Å². The molecule has 146 valence electrons. The lowest BCUT2D eigenvalue weighted by Gasteiger charge is -2.07. The molecule has 0 saturated heterocycles. The van der Waals surface area contributed by atoms with Crippen LogP contribution in [0.25, 0.3) is 23.3 Å². The molecule has 0 heterocycles. The minimum absolute atomic E-state index is 0.512. The summed E-state index contributed by atoms with van der Waals surface area (Å²) in [4.78, 5) is 0. The summed E-state index contributed by atoms with van der Waals surface area (Å²) in [6.45, 7) is 0. The molecular formula is C26H20N2O2. The molecule has 0 fully saturated rings. The predicted molar refractivity (Wildman–Crippen MR) is 119 cm³/mol. The highest BCUT2D eigenvalue weighted by Gasteiger charge is 2.08. The number of hydrogen-bond acceptors (Lipinski definition) is 4. The van der Waals surface area contributed by atoms with Crippen molar-refractivity contribution in [3.8, 4) is 23.6 Å². The third-order valence-corrected chi connectivity index (χ3v) is 4.63. The second-order valence-corrected chi connectivity index (χ2v) is 6.40. The summed E-state index contributed by atoms with van der Waals surface area (Å²) in [5.74, 6) is 1.40. The lowest BCUT2D eigenvalue weighted by atomic mass is 9.98. The summed E-state index contributed by atoms with van der Waals surface area (Å²) < 4.78 is 10.7. The zero-order valence-corrected chi connectivity index (χ0v) is 16.8. The van der Waals surface area contributed by atoms with E-state index in [0.717, 1.165) is 22.3 Å². The molecule has 0 unspecified atom stereocenters. The molecule has 4 heteroatoms. The Morgan fingerprint density at radius 2 is 1.00 bits per heavy atom.